The standard InChI is InChI=1S/C14H10Br2O2/c15-7-1-3-9-10-4-2-8(16)6-12(10)14(18)13(17)11(9)5-7/h1-6,13-14,17-18H/t13-,14-/m0/s1. The van der Waals surface area contributed by atoms with E-state index in [2.05, 4.69) is 31.9 Å². The third-order valence-corrected chi connectivity index (χ3v) is 4.24. The van der Waals surface area contributed by atoms with Gasteiger partial charge in [-0.3, -0.25) is 0 Å². The second kappa shape index (κ2) is 4.46. The largest absolute Gasteiger partial charge is 0.385 e. The summed E-state index contributed by atoms with van der Waals surface area (Å²) in [6.45, 7) is 0. The van der Waals surface area contributed by atoms with Crippen molar-refractivity contribution in [3.05, 3.63) is 56.5 Å². The second-order valence-corrected chi connectivity index (χ2v) is 6.18. The van der Waals surface area contributed by atoms with Gasteiger partial charge in [0, 0.05) is 8.95 Å². The average molecular weight is 370 g/mol. The molecule has 0 aliphatic heterocycles. The van der Waals surface area contributed by atoms with E-state index < -0.39 is 12.2 Å². The minimum absolute atomic E-state index is 0.756. The first kappa shape index (κ1) is 12.4. The Morgan fingerprint density at radius 3 is 1.50 bits per heavy atom. The van der Waals surface area contributed by atoms with Gasteiger partial charge in [-0.1, -0.05) is 44.0 Å². The van der Waals surface area contributed by atoms with Gasteiger partial charge >= 0.3 is 0 Å². The molecule has 2 N–H and O–H groups in total. The molecule has 0 saturated heterocycles. The van der Waals surface area contributed by atoms with E-state index in [1.54, 1.807) is 0 Å². The molecule has 0 spiro atoms. The van der Waals surface area contributed by atoms with Crippen molar-refractivity contribution in [1.82, 2.24) is 0 Å². The highest BCUT2D eigenvalue weighted by molar-refractivity contribution is 9.10. The van der Waals surface area contributed by atoms with Gasteiger partial charge in [-0.25, -0.2) is 0 Å². The van der Waals surface area contributed by atoms with Crippen LogP contribution < -0.4 is 0 Å². The van der Waals surface area contributed by atoms with Crippen molar-refractivity contribution in [2.45, 2.75) is 12.2 Å². The lowest BCUT2D eigenvalue weighted by Crippen LogP contribution is -2.17. The summed E-state index contributed by atoms with van der Waals surface area (Å²) in [6, 6.07) is 11.5. The van der Waals surface area contributed by atoms with Crippen molar-refractivity contribution in [2.75, 3.05) is 0 Å². The van der Waals surface area contributed by atoms with Gasteiger partial charge in [0.15, 0.2) is 0 Å². The van der Waals surface area contributed by atoms with E-state index in [0.717, 1.165) is 31.2 Å². The van der Waals surface area contributed by atoms with Crippen LogP contribution in [-0.4, -0.2) is 10.2 Å². The molecule has 4 heteroatoms. The van der Waals surface area contributed by atoms with Crippen LogP contribution in [-0.2, 0) is 0 Å². The highest BCUT2D eigenvalue weighted by atomic mass is 79.9. The Balaban J connectivity index is 2.31. The molecule has 2 aromatic rings. The predicted molar refractivity (Wildman–Crippen MR) is 77.2 cm³/mol. The zero-order valence-corrected chi connectivity index (χ0v) is 12.4. The Labute approximate surface area is 122 Å². The molecule has 0 heterocycles. The molecule has 18 heavy (non-hydrogen) atoms. The van der Waals surface area contributed by atoms with E-state index in [1.807, 2.05) is 36.4 Å². The molecule has 0 amide bonds. The van der Waals surface area contributed by atoms with Gasteiger partial charge in [0.05, 0.1) is 0 Å². The summed E-state index contributed by atoms with van der Waals surface area (Å²) in [6.07, 6.45) is -1.78. The molecule has 1 aliphatic carbocycles. The molecule has 0 aromatic heterocycles. The number of benzene rings is 2. The molecule has 92 valence electrons. The number of rotatable bonds is 0. The highest BCUT2D eigenvalue weighted by Crippen LogP contribution is 2.45. The fraction of sp³-hybridized carbons (Fsp3) is 0.143. The first-order valence-corrected chi connectivity index (χ1v) is 7.12. The van der Waals surface area contributed by atoms with Gasteiger partial charge in [0.1, 0.15) is 12.2 Å². The Kier molecular flexibility index (Phi) is 3.06. The van der Waals surface area contributed by atoms with E-state index in [4.69, 9.17) is 0 Å². The third kappa shape index (κ3) is 1.84. The van der Waals surface area contributed by atoms with Gasteiger partial charge in [0.2, 0.25) is 0 Å². The van der Waals surface area contributed by atoms with Crippen LogP contribution in [0.3, 0.4) is 0 Å². The normalized spacial score (nSPS) is 21.3. The monoisotopic (exact) mass is 368 g/mol. The van der Waals surface area contributed by atoms with Gasteiger partial charge in [0.25, 0.3) is 0 Å². The Morgan fingerprint density at radius 2 is 1.11 bits per heavy atom. The van der Waals surface area contributed by atoms with Crippen molar-refractivity contribution in [1.29, 1.82) is 0 Å². The maximum Gasteiger partial charge on any atom is 0.110 e. The molecule has 0 unspecified atom stereocenters. The fourth-order valence-corrected chi connectivity index (χ4v) is 3.14. The van der Waals surface area contributed by atoms with E-state index in [-0.39, 0.29) is 0 Å². The van der Waals surface area contributed by atoms with Crippen molar-refractivity contribution in [3.63, 3.8) is 0 Å². The van der Waals surface area contributed by atoms with E-state index >= 15 is 0 Å². The molecule has 0 radical (unpaired) electrons. The van der Waals surface area contributed by atoms with Gasteiger partial charge in [-0.2, -0.15) is 0 Å². The van der Waals surface area contributed by atoms with E-state index in [1.165, 1.54) is 0 Å². The summed E-state index contributed by atoms with van der Waals surface area (Å²) >= 11 is 6.78. The average Bonchev–Trinajstić information content (AvgIpc) is 2.36. The van der Waals surface area contributed by atoms with Crippen molar-refractivity contribution in [2.24, 2.45) is 0 Å². The summed E-state index contributed by atoms with van der Waals surface area (Å²) in [4.78, 5) is 0. The van der Waals surface area contributed by atoms with E-state index in [9.17, 15) is 10.2 Å². The van der Waals surface area contributed by atoms with Gasteiger partial charge in [-0.05, 0) is 46.5 Å². The Bertz CT molecular complexity index is 570. The van der Waals surface area contributed by atoms with Gasteiger partial charge < -0.3 is 10.2 Å². The summed E-state index contributed by atoms with van der Waals surface area (Å²) in [5.74, 6) is 0. The van der Waals surface area contributed by atoms with E-state index in [0.29, 0.717) is 0 Å². The lowest BCUT2D eigenvalue weighted by Gasteiger charge is -2.29. The summed E-state index contributed by atoms with van der Waals surface area (Å²) in [7, 11) is 0. The van der Waals surface area contributed by atoms with Gasteiger partial charge in [-0.15, -0.1) is 0 Å². The lowest BCUT2D eigenvalue weighted by atomic mass is 9.82. The lowest BCUT2D eigenvalue weighted by molar-refractivity contribution is 0.0157. The molecule has 0 saturated carbocycles. The van der Waals surface area contributed by atoms with Crippen LogP contribution in [0.25, 0.3) is 11.1 Å². The number of halogens is 2. The minimum atomic E-state index is -0.890. The maximum absolute atomic E-state index is 10.2. The predicted octanol–water partition coefficient (Wildman–Crippen LogP) is 3.96. The SMILES string of the molecule is O[C@H]1c2cc(Br)ccc2-c2ccc(Br)cc2[C@@H]1O. The Morgan fingerprint density at radius 1 is 0.722 bits per heavy atom. The van der Waals surface area contributed by atoms with Crippen molar-refractivity contribution >= 4 is 31.9 Å². The van der Waals surface area contributed by atoms with Crippen LogP contribution in [0, 0.1) is 0 Å². The summed E-state index contributed by atoms with van der Waals surface area (Å²) in [5, 5.41) is 20.4. The molecular weight excluding hydrogens is 360 g/mol. The first-order chi connectivity index (χ1) is 8.58. The molecule has 3 rings (SSSR count). The van der Waals surface area contributed by atoms with Crippen LogP contribution in [0.2, 0.25) is 0 Å². The van der Waals surface area contributed by atoms with Crippen LogP contribution >= 0.6 is 31.9 Å². The molecule has 2 aromatic carbocycles. The number of aliphatic hydroxyl groups excluding tert-OH is 2. The number of fused-ring (bicyclic) bond motifs is 3. The summed E-state index contributed by atoms with van der Waals surface area (Å²) in [5.41, 5.74) is 3.45. The molecule has 0 fully saturated rings. The molecule has 1 aliphatic rings. The zero-order valence-electron chi connectivity index (χ0n) is 9.27. The number of hydrogen-bond acceptors (Lipinski definition) is 2. The second-order valence-electron chi connectivity index (χ2n) is 4.35. The minimum Gasteiger partial charge on any atom is -0.385 e. The third-order valence-electron chi connectivity index (χ3n) is 3.25. The quantitative estimate of drug-likeness (QED) is 0.737. The smallest absolute Gasteiger partial charge is 0.110 e. The maximum atomic E-state index is 10.2. The fourth-order valence-electron chi connectivity index (χ4n) is 2.39. The molecular formula is C14H10Br2O2. The Hall–Kier alpha value is -0.680. The molecule has 0 bridgehead atoms. The highest BCUT2D eigenvalue weighted by Gasteiger charge is 2.31. The van der Waals surface area contributed by atoms with Crippen molar-refractivity contribution < 1.29 is 10.2 Å². The van der Waals surface area contributed by atoms with Crippen LogP contribution in [0.1, 0.15) is 23.3 Å². The van der Waals surface area contributed by atoms with Crippen molar-refractivity contribution in [3.8, 4) is 11.1 Å². The zero-order chi connectivity index (χ0) is 12.9. The topological polar surface area (TPSA) is 40.5 Å². The summed E-state index contributed by atoms with van der Waals surface area (Å²) < 4.78 is 1.79. The van der Waals surface area contributed by atoms with Crippen LogP contribution in [0.4, 0.5) is 0 Å². The molecule has 2 nitrogen and oxygen atoms in total. The first-order valence-electron chi connectivity index (χ1n) is 5.53. The number of aliphatic hydroxyl groups is 2. The van der Waals surface area contributed by atoms with Crippen LogP contribution in [0.15, 0.2) is 45.3 Å². The molecule has 2 atom stereocenters. The number of hydrogen-bond donors (Lipinski definition) is 2. The van der Waals surface area contributed by atoms with Crippen LogP contribution in [0.5, 0.6) is 0 Å².